The Balaban J connectivity index is 1.24. The molecule has 5 rings (SSSR count). The van der Waals surface area contributed by atoms with Gasteiger partial charge in [-0.1, -0.05) is 12.1 Å². The van der Waals surface area contributed by atoms with Crippen LogP contribution < -0.4 is 11.5 Å². The Morgan fingerprint density at radius 1 is 1.12 bits per heavy atom. The topological polar surface area (TPSA) is 192 Å². The summed E-state index contributed by atoms with van der Waals surface area (Å²) in [6, 6.07) is 6.66. The molecule has 4 heterocycles. The van der Waals surface area contributed by atoms with Gasteiger partial charge in [-0.2, -0.15) is 9.97 Å². The van der Waals surface area contributed by atoms with E-state index in [1.54, 1.807) is 24.3 Å². The van der Waals surface area contributed by atoms with Crippen molar-refractivity contribution in [3.8, 4) is 0 Å². The molecule has 1 saturated heterocycles. The summed E-state index contributed by atoms with van der Waals surface area (Å²) in [4.78, 5) is 38.3. The summed E-state index contributed by atoms with van der Waals surface area (Å²) in [5.41, 5.74) is 12.9. The van der Waals surface area contributed by atoms with Crippen LogP contribution in [0.15, 0.2) is 30.6 Å². The number of aliphatic hydroxyl groups is 2. The number of aromatic nitrogens is 4. The van der Waals surface area contributed by atoms with Gasteiger partial charge in [-0.05, 0) is 18.6 Å². The average molecular weight is 469 g/mol. The number of anilines is 2. The number of hydrogen-bond acceptors (Lipinski definition) is 11. The lowest BCUT2D eigenvalue weighted by atomic mass is 10.1. The van der Waals surface area contributed by atoms with E-state index in [0.29, 0.717) is 23.1 Å². The first-order valence-corrected chi connectivity index (χ1v) is 10.7. The van der Waals surface area contributed by atoms with Gasteiger partial charge in [0.1, 0.15) is 23.8 Å². The summed E-state index contributed by atoms with van der Waals surface area (Å²) >= 11 is 0. The standard InChI is InChI=1S/C21H23N7O6/c22-16-13-17(26-21(23)25-16)28(9-24-13)20-14(30)15(12(8-29)34-20)33-7-3-6-27-18(31)10-4-1-2-5-11(10)19(27)32/h1-2,4-5,9,12,14-15,20,29-30H,3,6-8H2,(H4,22,23,25,26)/t12-,14-,15-,20?/m1/s1. The van der Waals surface area contributed by atoms with Crippen molar-refractivity contribution < 1.29 is 29.3 Å². The summed E-state index contributed by atoms with van der Waals surface area (Å²) < 4.78 is 13.1. The molecule has 0 spiro atoms. The molecule has 1 fully saturated rings. The smallest absolute Gasteiger partial charge is 0.261 e. The molecule has 13 nitrogen and oxygen atoms in total. The summed E-state index contributed by atoms with van der Waals surface area (Å²) in [6.07, 6.45) is -2.10. The number of carbonyl (C=O) groups is 2. The quantitative estimate of drug-likeness (QED) is 0.253. The van der Waals surface area contributed by atoms with Crippen molar-refractivity contribution in [2.75, 3.05) is 31.2 Å². The first-order valence-electron chi connectivity index (χ1n) is 10.7. The van der Waals surface area contributed by atoms with Gasteiger partial charge in [-0.25, -0.2) is 4.98 Å². The average Bonchev–Trinajstić information content (AvgIpc) is 3.45. The molecule has 2 aliphatic rings. The van der Waals surface area contributed by atoms with Gasteiger partial charge in [0.15, 0.2) is 17.7 Å². The fraction of sp³-hybridized carbons (Fsp3) is 0.381. The molecule has 4 atom stereocenters. The Hall–Kier alpha value is -3.65. The number of amides is 2. The molecular formula is C21H23N7O6. The van der Waals surface area contributed by atoms with Crippen molar-refractivity contribution in [1.82, 2.24) is 24.4 Å². The Kier molecular flexibility index (Phi) is 5.61. The first-order chi connectivity index (χ1) is 16.4. The van der Waals surface area contributed by atoms with Crippen molar-refractivity contribution in [2.24, 2.45) is 0 Å². The third-order valence-corrected chi connectivity index (χ3v) is 5.94. The Morgan fingerprint density at radius 3 is 2.50 bits per heavy atom. The van der Waals surface area contributed by atoms with Crippen molar-refractivity contribution in [3.05, 3.63) is 41.7 Å². The monoisotopic (exact) mass is 469 g/mol. The maximum atomic E-state index is 12.5. The second-order valence-corrected chi connectivity index (χ2v) is 8.03. The minimum absolute atomic E-state index is 0.0566. The number of ether oxygens (including phenoxy) is 2. The van der Waals surface area contributed by atoms with Crippen LogP contribution in [0.4, 0.5) is 11.8 Å². The van der Waals surface area contributed by atoms with Gasteiger partial charge >= 0.3 is 0 Å². The van der Waals surface area contributed by atoms with E-state index in [9.17, 15) is 19.8 Å². The summed E-state index contributed by atoms with van der Waals surface area (Å²) in [5.74, 6) is -0.649. The molecule has 0 aliphatic carbocycles. The Bertz CT molecular complexity index is 1230. The normalized spacial score (nSPS) is 24.4. The largest absolute Gasteiger partial charge is 0.394 e. The van der Waals surface area contributed by atoms with E-state index < -0.39 is 31.1 Å². The minimum atomic E-state index is -1.17. The Morgan fingerprint density at radius 2 is 1.82 bits per heavy atom. The third kappa shape index (κ3) is 3.54. The summed E-state index contributed by atoms with van der Waals surface area (Å²) in [7, 11) is 0. The van der Waals surface area contributed by atoms with Gasteiger partial charge in [-0.3, -0.25) is 19.1 Å². The lowest BCUT2D eigenvalue weighted by Gasteiger charge is -2.21. The summed E-state index contributed by atoms with van der Waals surface area (Å²) in [6.45, 7) is -0.123. The number of rotatable bonds is 7. The van der Waals surface area contributed by atoms with Gasteiger partial charge < -0.3 is 31.2 Å². The van der Waals surface area contributed by atoms with Crippen LogP contribution >= 0.6 is 0 Å². The van der Waals surface area contributed by atoms with Gasteiger partial charge in [0.2, 0.25) is 5.95 Å². The lowest BCUT2D eigenvalue weighted by molar-refractivity contribution is -0.0610. The maximum Gasteiger partial charge on any atom is 0.261 e. The highest BCUT2D eigenvalue weighted by molar-refractivity contribution is 6.21. The first kappa shape index (κ1) is 22.2. The number of nitrogens with two attached hydrogens (primary N) is 2. The van der Waals surface area contributed by atoms with Crippen LogP contribution in [-0.4, -0.2) is 84.5 Å². The number of fused-ring (bicyclic) bond motifs is 2. The van der Waals surface area contributed by atoms with Crippen LogP contribution in [0.1, 0.15) is 33.4 Å². The highest BCUT2D eigenvalue weighted by atomic mass is 16.6. The second kappa shape index (κ2) is 8.61. The van der Waals surface area contributed by atoms with E-state index in [1.807, 2.05) is 0 Å². The van der Waals surface area contributed by atoms with E-state index in [-0.39, 0.29) is 42.4 Å². The molecule has 178 valence electrons. The molecule has 2 aliphatic heterocycles. The van der Waals surface area contributed by atoms with Gasteiger partial charge in [0.25, 0.3) is 11.8 Å². The lowest BCUT2D eigenvalue weighted by Crippen LogP contribution is -2.37. The number of imidazole rings is 1. The van der Waals surface area contributed by atoms with Crippen molar-refractivity contribution >= 4 is 34.7 Å². The van der Waals surface area contributed by atoms with E-state index in [4.69, 9.17) is 20.9 Å². The van der Waals surface area contributed by atoms with Gasteiger partial charge in [-0.15, -0.1) is 0 Å². The number of hydrogen-bond donors (Lipinski definition) is 4. The van der Waals surface area contributed by atoms with Crippen LogP contribution in [0.3, 0.4) is 0 Å². The molecule has 0 saturated carbocycles. The highest BCUT2D eigenvalue weighted by Crippen LogP contribution is 2.34. The van der Waals surface area contributed by atoms with Gasteiger partial charge in [0, 0.05) is 13.2 Å². The molecule has 13 heteroatoms. The third-order valence-electron chi connectivity index (χ3n) is 5.94. The van der Waals surface area contributed by atoms with E-state index >= 15 is 0 Å². The van der Waals surface area contributed by atoms with Crippen molar-refractivity contribution in [1.29, 1.82) is 0 Å². The molecule has 3 aromatic rings. The molecule has 34 heavy (non-hydrogen) atoms. The molecule has 1 unspecified atom stereocenters. The molecule has 2 aromatic heterocycles. The van der Waals surface area contributed by atoms with E-state index in [1.165, 1.54) is 15.8 Å². The number of imide groups is 1. The minimum Gasteiger partial charge on any atom is -0.394 e. The Labute approximate surface area is 192 Å². The highest BCUT2D eigenvalue weighted by Gasteiger charge is 2.46. The summed E-state index contributed by atoms with van der Waals surface area (Å²) in [5, 5.41) is 20.7. The predicted octanol–water partition coefficient (Wildman–Crippen LogP) is -0.687. The molecule has 2 amide bonds. The van der Waals surface area contributed by atoms with Crippen molar-refractivity contribution in [3.63, 3.8) is 0 Å². The van der Waals surface area contributed by atoms with E-state index in [0.717, 1.165) is 0 Å². The number of carbonyl (C=O) groups excluding carboxylic acids is 2. The molecule has 0 bridgehead atoms. The molecule has 0 radical (unpaired) electrons. The van der Waals surface area contributed by atoms with Crippen LogP contribution in [0.5, 0.6) is 0 Å². The van der Waals surface area contributed by atoms with Gasteiger partial charge in [0.05, 0.1) is 24.1 Å². The predicted molar refractivity (Wildman–Crippen MR) is 117 cm³/mol. The van der Waals surface area contributed by atoms with Crippen LogP contribution in [0.2, 0.25) is 0 Å². The van der Waals surface area contributed by atoms with E-state index in [2.05, 4.69) is 15.0 Å². The van der Waals surface area contributed by atoms with Crippen LogP contribution in [0, 0.1) is 0 Å². The second-order valence-electron chi connectivity index (χ2n) is 8.03. The maximum absolute atomic E-state index is 12.5. The fourth-order valence-corrected chi connectivity index (χ4v) is 4.33. The number of aliphatic hydroxyl groups excluding tert-OH is 2. The zero-order valence-corrected chi connectivity index (χ0v) is 17.9. The molecule has 6 N–H and O–H groups in total. The zero-order chi connectivity index (χ0) is 24.0. The number of nitrogens with zero attached hydrogens (tertiary/aromatic N) is 5. The van der Waals surface area contributed by atoms with Crippen LogP contribution in [0.25, 0.3) is 11.2 Å². The fourth-order valence-electron chi connectivity index (χ4n) is 4.33. The van der Waals surface area contributed by atoms with Crippen molar-refractivity contribution in [2.45, 2.75) is 31.0 Å². The molecular weight excluding hydrogens is 446 g/mol. The SMILES string of the molecule is Nc1nc(N)c2ncn(C3O[C@H](CO)[C@@H](OCCCN4C(=O)c5ccccc5C4=O)[C@H]3O)c2n1. The number of nitrogen functional groups attached to an aromatic ring is 2. The molecule has 1 aromatic carbocycles. The number of benzene rings is 1. The van der Waals surface area contributed by atoms with Crippen LogP contribution in [-0.2, 0) is 9.47 Å². The zero-order valence-electron chi connectivity index (χ0n) is 17.9.